The number of fused-ring (bicyclic) bond motifs is 1. The molecule has 4 rings (SSSR count). The van der Waals surface area contributed by atoms with Gasteiger partial charge in [-0.15, -0.1) is 22.7 Å². The van der Waals surface area contributed by atoms with Crippen molar-refractivity contribution in [2.75, 3.05) is 19.6 Å². The maximum absolute atomic E-state index is 12.4. The number of amides is 2. The summed E-state index contributed by atoms with van der Waals surface area (Å²) >= 11 is 3.10. The van der Waals surface area contributed by atoms with Crippen LogP contribution in [0.5, 0.6) is 0 Å². The largest absolute Gasteiger partial charge is 0.351 e. The Bertz CT molecular complexity index is 897. The lowest BCUT2D eigenvalue weighted by Crippen LogP contribution is -2.31. The van der Waals surface area contributed by atoms with Gasteiger partial charge >= 0.3 is 0 Å². The lowest BCUT2D eigenvalue weighted by molar-refractivity contribution is -0.127. The maximum atomic E-state index is 12.4. The van der Waals surface area contributed by atoms with Crippen LogP contribution in [0.2, 0.25) is 0 Å². The first-order chi connectivity index (χ1) is 12.2. The van der Waals surface area contributed by atoms with Crippen molar-refractivity contribution >= 4 is 39.4 Å². The molecule has 2 amide bonds. The fourth-order valence-electron chi connectivity index (χ4n) is 2.99. The second-order valence-electron chi connectivity index (χ2n) is 5.97. The number of nitrogens with zero attached hydrogens (tertiary/aromatic N) is 3. The summed E-state index contributed by atoms with van der Waals surface area (Å²) in [4.78, 5) is 32.4. The summed E-state index contributed by atoms with van der Waals surface area (Å²) in [5, 5.41) is 6.79. The molecule has 0 aliphatic carbocycles. The number of thiazole rings is 1. The van der Waals surface area contributed by atoms with Crippen LogP contribution in [0.15, 0.2) is 29.1 Å². The lowest BCUT2D eigenvalue weighted by atomic mass is 10.3. The highest BCUT2D eigenvalue weighted by Gasteiger charge is 2.19. The van der Waals surface area contributed by atoms with Crippen molar-refractivity contribution in [3.63, 3.8) is 0 Å². The van der Waals surface area contributed by atoms with E-state index < -0.39 is 0 Å². The molecule has 1 saturated heterocycles. The molecule has 0 bridgehead atoms. The molecule has 0 radical (unpaired) electrons. The third kappa shape index (κ3) is 3.32. The molecule has 1 N–H and O–H groups in total. The molecule has 0 aromatic carbocycles. The third-order valence-corrected chi connectivity index (χ3v) is 6.01. The standard InChI is InChI=1S/C17H18N4O2S2/c22-15-5-1-7-20(15)8-3-6-18-16(23)13-11-25-17-19-12(10-21(13)17)14-4-2-9-24-14/h2,4,9-11H,1,3,5-8H2,(H,18,23). The number of nitrogens with one attached hydrogen (secondary N) is 1. The smallest absolute Gasteiger partial charge is 0.269 e. The third-order valence-electron chi connectivity index (χ3n) is 4.28. The fourth-order valence-corrected chi connectivity index (χ4v) is 4.53. The van der Waals surface area contributed by atoms with Crippen LogP contribution in [-0.4, -0.2) is 45.7 Å². The Balaban J connectivity index is 1.37. The van der Waals surface area contributed by atoms with Gasteiger partial charge in [-0.1, -0.05) is 6.07 Å². The summed E-state index contributed by atoms with van der Waals surface area (Å²) in [5.74, 6) is 0.125. The molecule has 0 unspecified atom stereocenters. The second-order valence-corrected chi connectivity index (χ2v) is 7.76. The van der Waals surface area contributed by atoms with Gasteiger partial charge in [-0.3, -0.25) is 14.0 Å². The summed E-state index contributed by atoms with van der Waals surface area (Å²) in [7, 11) is 0. The first kappa shape index (κ1) is 16.3. The van der Waals surface area contributed by atoms with Crippen LogP contribution in [0.1, 0.15) is 29.8 Å². The normalized spacial score (nSPS) is 14.6. The molecule has 8 heteroatoms. The van der Waals surface area contributed by atoms with E-state index in [9.17, 15) is 9.59 Å². The van der Waals surface area contributed by atoms with Crippen LogP contribution in [0.4, 0.5) is 0 Å². The summed E-state index contributed by atoms with van der Waals surface area (Å²) in [6.45, 7) is 2.12. The summed E-state index contributed by atoms with van der Waals surface area (Å²) < 4.78 is 1.85. The van der Waals surface area contributed by atoms with Crippen LogP contribution in [0, 0.1) is 0 Å². The Labute approximate surface area is 153 Å². The van der Waals surface area contributed by atoms with Gasteiger partial charge < -0.3 is 10.2 Å². The molecule has 25 heavy (non-hydrogen) atoms. The van der Waals surface area contributed by atoms with Gasteiger partial charge in [-0.2, -0.15) is 0 Å². The zero-order valence-corrected chi connectivity index (χ0v) is 15.2. The highest BCUT2D eigenvalue weighted by atomic mass is 32.1. The van der Waals surface area contributed by atoms with E-state index in [2.05, 4.69) is 10.3 Å². The molecule has 0 saturated carbocycles. The van der Waals surface area contributed by atoms with E-state index >= 15 is 0 Å². The van der Waals surface area contributed by atoms with Crippen molar-refractivity contribution in [3.8, 4) is 10.6 Å². The van der Waals surface area contributed by atoms with E-state index in [1.54, 1.807) is 11.3 Å². The van der Waals surface area contributed by atoms with Gasteiger partial charge in [0.2, 0.25) is 5.91 Å². The van der Waals surface area contributed by atoms with Crippen molar-refractivity contribution < 1.29 is 9.59 Å². The first-order valence-corrected chi connectivity index (χ1v) is 10.0. The van der Waals surface area contributed by atoms with E-state index in [0.29, 0.717) is 25.2 Å². The van der Waals surface area contributed by atoms with Crippen molar-refractivity contribution in [1.82, 2.24) is 19.6 Å². The summed E-state index contributed by atoms with van der Waals surface area (Å²) in [6.07, 6.45) is 4.29. The van der Waals surface area contributed by atoms with E-state index in [1.807, 2.05) is 38.4 Å². The number of carbonyl (C=O) groups excluding carboxylic acids is 2. The van der Waals surface area contributed by atoms with Crippen LogP contribution in [0.3, 0.4) is 0 Å². The van der Waals surface area contributed by atoms with Crippen LogP contribution in [-0.2, 0) is 4.79 Å². The monoisotopic (exact) mass is 374 g/mol. The molecule has 1 aliphatic rings. The predicted octanol–water partition coefficient (Wildman–Crippen LogP) is 2.87. The molecule has 0 spiro atoms. The maximum Gasteiger partial charge on any atom is 0.269 e. The van der Waals surface area contributed by atoms with E-state index in [-0.39, 0.29) is 11.8 Å². The molecule has 0 atom stereocenters. The SMILES string of the molecule is O=C(NCCCN1CCCC1=O)c1csc2nc(-c3cccs3)cn12. The van der Waals surface area contributed by atoms with Gasteiger partial charge in [0.15, 0.2) is 4.96 Å². The van der Waals surface area contributed by atoms with Gasteiger partial charge in [0.25, 0.3) is 5.91 Å². The van der Waals surface area contributed by atoms with Crippen molar-refractivity contribution in [2.45, 2.75) is 19.3 Å². The van der Waals surface area contributed by atoms with Gasteiger partial charge in [0.1, 0.15) is 11.4 Å². The van der Waals surface area contributed by atoms with E-state index in [0.717, 1.165) is 34.9 Å². The first-order valence-electron chi connectivity index (χ1n) is 8.29. The Morgan fingerprint density at radius 2 is 2.28 bits per heavy atom. The molecule has 1 aliphatic heterocycles. The predicted molar refractivity (Wildman–Crippen MR) is 99.1 cm³/mol. The number of hydrogen-bond donors (Lipinski definition) is 1. The Hall–Kier alpha value is -2.19. The average Bonchev–Trinajstić information content (AvgIpc) is 3.35. The lowest BCUT2D eigenvalue weighted by Gasteiger charge is -2.15. The Kier molecular flexibility index (Phi) is 4.54. The van der Waals surface area contributed by atoms with E-state index in [1.165, 1.54) is 11.3 Å². The van der Waals surface area contributed by atoms with Gasteiger partial charge in [0.05, 0.1) is 4.88 Å². The number of thiophene rings is 1. The highest BCUT2D eigenvalue weighted by Crippen LogP contribution is 2.26. The van der Waals surface area contributed by atoms with Gasteiger partial charge in [-0.25, -0.2) is 4.98 Å². The molecule has 3 aromatic rings. The Morgan fingerprint density at radius 3 is 3.04 bits per heavy atom. The van der Waals surface area contributed by atoms with Crippen LogP contribution in [0.25, 0.3) is 15.5 Å². The number of rotatable bonds is 6. The van der Waals surface area contributed by atoms with Crippen molar-refractivity contribution in [3.05, 3.63) is 34.8 Å². The molecular weight excluding hydrogens is 356 g/mol. The molecular formula is C17H18N4O2S2. The topological polar surface area (TPSA) is 66.7 Å². The highest BCUT2D eigenvalue weighted by molar-refractivity contribution is 7.15. The number of hydrogen-bond acceptors (Lipinski definition) is 5. The second kappa shape index (κ2) is 6.97. The minimum Gasteiger partial charge on any atom is -0.351 e. The quantitative estimate of drug-likeness (QED) is 0.675. The van der Waals surface area contributed by atoms with Crippen molar-refractivity contribution in [2.24, 2.45) is 0 Å². The number of imidazole rings is 1. The number of carbonyl (C=O) groups is 2. The van der Waals surface area contributed by atoms with Crippen LogP contribution < -0.4 is 5.32 Å². The zero-order chi connectivity index (χ0) is 17.2. The minimum absolute atomic E-state index is 0.103. The van der Waals surface area contributed by atoms with Gasteiger partial charge in [-0.05, 0) is 24.3 Å². The minimum atomic E-state index is -0.103. The van der Waals surface area contributed by atoms with Crippen LogP contribution >= 0.6 is 22.7 Å². The molecule has 6 nitrogen and oxygen atoms in total. The Morgan fingerprint density at radius 1 is 1.36 bits per heavy atom. The molecule has 3 aromatic heterocycles. The van der Waals surface area contributed by atoms with Crippen molar-refractivity contribution in [1.29, 1.82) is 0 Å². The van der Waals surface area contributed by atoms with Gasteiger partial charge in [0, 0.05) is 37.6 Å². The average molecular weight is 374 g/mol. The fraction of sp³-hybridized carbons (Fsp3) is 0.353. The zero-order valence-electron chi connectivity index (χ0n) is 13.6. The van der Waals surface area contributed by atoms with E-state index in [4.69, 9.17) is 0 Å². The number of likely N-dealkylation sites (tertiary alicyclic amines) is 1. The molecule has 1 fully saturated rings. The summed E-state index contributed by atoms with van der Waals surface area (Å²) in [5.41, 5.74) is 1.50. The number of aromatic nitrogens is 2. The molecule has 130 valence electrons. The summed E-state index contributed by atoms with van der Waals surface area (Å²) in [6, 6.07) is 4.02. The molecule has 4 heterocycles.